The number of benzene rings is 2. The third-order valence-corrected chi connectivity index (χ3v) is 5.60. The van der Waals surface area contributed by atoms with E-state index in [0.717, 1.165) is 59.6 Å². The van der Waals surface area contributed by atoms with E-state index in [1.165, 1.54) is 5.56 Å². The van der Waals surface area contributed by atoms with Crippen molar-refractivity contribution >= 4 is 39.1 Å². The van der Waals surface area contributed by atoms with Gasteiger partial charge in [-0.15, -0.1) is 0 Å². The van der Waals surface area contributed by atoms with Crippen LogP contribution in [0.4, 0.5) is 17.2 Å². The van der Waals surface area contributed by atoms with Crippen LogP contribution in [0, 0.1) is 17.0 Å². The summed E-state index contributed by atoms with van der Waals surface area (Å²) in [5.41, 5.74) is 5.32. The molecule has 3 heterocycles. The average Bonchev–Trinajstić information content (AvgIpc) is 3.14. The third kappa shape index (κ3) is 2.93. The van der Waals surface area contributed by atoms with Crippen LogP contribution in [0.2, 0.25) is 0 Å². The summed E-state index contributed by atoms with van der Waals surface area (Å²) in [6, 6.07) is 13.0. The van der Waals surface area contributed by atoms with Gasteiger partial charge in [-0.1, -0.05) is 12.1 Å². The van der Waals surface area contributed by atoms with Gasteiger partial charge in [-0.25, -0.2) is 9.97 Å². The highest BCUT2D eigenvalue weighted by molar-refractivity contribution is 6.09. The Bertz CT molecular complexity index is 1210. The van der Waals surface area contributed by atoms with E-state index in [1.807, 2.05) is 18.2 Å². The zero-order valence-corrected chi connectivity index (χ0v) is 16.0. The zero-order chi connectivity index (χ0) is 20.0. The molecular weight excluding hydrogens is 368 g/mol. The van der Waals surface area contributed by atoms with Crippen LogP contribution < -0.4 is 9.80 Å². The minimum atomic E-state index is -0.371. The van der Waals surface area contributed by atoms with Crippen molar-refractivity contribution in [3.8, 4) is 0 Å². The summed E-state index contributed by atoms with van der Waals surface area (Å²) in [5, 5.41) is 12.0. The van der Waals surface area contributed by atoms with Gasteiger partial charge in [0.25, 0.3) is 5.69 Å². The minimum Gasteiger partial charge on any atom is -0.368 e. The number of nitrogens with one attached hydrogen (secondary N) is 1. The van der Waals surface area contributed by atoms with Crippen LogP contribution in [-0.4, -0.2) is 46.1 Å². The highest BCUT2D eigenvalue weighted by Gasteiger charge is 2.22. The van der Waals surface area contributed by atoms with Crippen LogP contribution in [0.25, 0.3) is 21.9 Å². The van der Waals surface area contributed by atoms with Gasteiger partial charge in [-0.3, -0.25) is 10.1 Å². The molecule has 1 fully saturated rings. The van der Waals surface area contributed by atoms with E-state index in [4.69, 9.17) is 0 Å². The summed E-state index contributed by atoms with van der Waals surface area (Å²) in [6.07, 6.45) is 1.64. The van der Waals surface area contributed by atoms with Crippen LogP contribution in [0.1, 0.15) is 5.56 Å². The number of rotatable bonds is 3. The van der Waals surface area contributed by atoms with E-state index in [-0.39, 0.29) is 10.6 Å². The lowest BCUT2D eigenvalue weighted by Gasteiger charge is -2.36. The Kier molecular flexibility index (Phi) is 4.04. The first-order valence-corrected chi connectivity index (χ1v) is 9.58. The van der Waals surface area contributed by atoms with Crippen molar-refractivity contribution in [1.82, 2.24) is 15.0 Å². The van der Waals surface area contributed by atoms with Crippen LogP contribution in [0.5, 0.6) is 0 Å². The molecule has 0 aliphatic carbocycles. The molecule has 0 spiro atoms. The molecular formula is C21H20N6O2. The Balaban J connectivity index is 1.41. The number of nitro groups is 1. The van der Waals surface area contributed by atoms with Crippen LogP contribution in [-0.2, 0) is 0 Å². The topological polar surface area (TPSA) is 91.2 Å². The van der Waals surface area contributed by atoms with Crippen molar-refractivity contribution < 1.29 is 4.92 Å². The summed E-state index contributed by atoms with van der Waals surface area (Å²) < 4.78 is 0. The molecule has 0 unspecified atom stereocenters. The molecule has 8 nitrogen and oxygen atoms in total. The van der Waals surface area contributed by atoms with Crippen molar-refractivity contribution in [2.45, 2.75) is 6.92 Å². The predicted molar refractivity (Wildman–Crippen MR) is 114 cm³/mol. The fourth-order valence-electron chi connectivity index (χ4n) is 4.10. The first-order valence-electron chi connectivity index (χ1n) is 9.58. The second-order valence-electron chi connectivity index (χ2n) is 7.29. The van der Waals surface area contributed by atoms with E-state index in [0.29, 0.717) is 0 Å². The standard InChI is InChI=1S/C21H20N6O2/c1-14-3-2-4-17-18(14)19-20(24-17)21(23-13-22-19)26-11-9-25(10-12-26)15-5-7-16(8-6-15)27(28)29/h2-8,13,24H,9-12H2,1H3. The number of hydrogen-bond acceptors (Lipinski definition) is 6. The number of aromatic nitrogens is 3. The SMILES string of the molecule is Cc1cccc2[nH]c3c(N4CCN(c5ccc([N+](=O)[O-])cc5)CC4)ncnc3c12. The summed E-state index contributed by atoms with van der Waals surface area (Å²) in [6.45, 7) is 5.38. The van der Waals surface area contributed by atoms with Gasteiger partial charge in [0.1, 0.15) is 17.4 Å². The summed E-state index contributed by atoms with van der Waals surface area (Å²) >= 11 is 0. The number of nitro benzene ring substituents is 1. The molecule has 8 heteroatoms. The lowest BCUT2D eigenvalue weighted by atomic mass is 10.1. The molecule has 4 aromatic rings. The first-order chi connectivity index (χ1) is 14.1. The summed E-state index contributed by atoms with van der Waals surface area (Å²) in [5.74, 6) is 0.925. The Labute approximate surface area is 166 Å². The number of piperazine rings is 1. The Hall–Kier alpha value is -3.68. The first kappa shape index (κ1) is 17.4. The van der Waals surface area contributed by atoms with Gasteiger partial charge in [-0.2, -0.15) is 0 Å². The van der Waals surface area contributed by atoms with Gasteiger partial charge in [0.05, 0.1) is 4.92 Å². The lowest BCUT2D eigenvalue weighted by molar-refractivity contribution is -0.384. The maximum atomic E-state index is 10.9. The van der Waals surface area contributed by atoms with Gasteiger partial charge in [0.2, 0.25) is 0 Å². The molecule has 2 aromatic heterocycles. The number of anilines is 2. The molecule has 2 aromatic carbocycles. The molecule has 1 aliphatic heterocycles. The normalized spacial score (nSPS) is 14.7. The Morgan fingerprint density at radius 3 is 2.45 bits per heavy atom. The van der Waals surface area contributed by atoms with Crippen LogP contribution >= 0.6 is 0 Å². The van der Waals surface area contributed by atoms with Crippen molar-refractivity contribution in [3.63, 3.8) is 0 Å². The maximum absolute atomic E-state index is 10.9. The van der Waals surface area contributed by atoms with E-state index in [1.54, 1.807) is 18.5 Å². The number of hydrogen-bond donors (Lipinski definition) is 1. The second-order valence-corrected chi connectivity index (χ2v) is 7.29. The molecule has 0 bridgehead atoms. The molecule has 5 rings (SSSR count). The molecule has 29 heavy (non-hydrogen) atoms. The summed E-state index contributed by atoms with van der Waals surface area (Å²) in [7, 11) is 0. The molecule has 146 valence electrons. The Morgan fingerprint density at radius 1 is 1.00 bits per heavy atom. The van der Waals surface area contributed by atoms with Crippen molar-refractivity contribution in [1.29, 1.82) is 0 Å². The lowest BCUT2D eigenvalue weighted by Crippen LogP contribution is -2.46. The van der Waals surface area contributed by atoms with E-state index >= 15 is 0 Å². The monoisotopic (exact) mass is 388 g/mol. The molecule has 0 radical (unpaired) electrons. The predicted octanol–water partition coefficient (Wildman–Crippen LogP) is 3.65. The summed E-state index contributed by atoms with van der Waals surface area (Å²) in [4.78, 5) is 27.6. The highest BCUT2D eigenvalue weighted by Crippen LogP contribution is 2.31. The average molecular weight is 388 g/mol. The number of fused-ring (bicyclic) bond motifs is 3. The van der Waals surface area contributed by atoms with Crippen molar-refractivity contribution in [3.05, 3.63) is 64.5 Å². The molecule has 1 saturated heterocycles. The fourth-order valence-corrected chi connectivity index (χ4v) is 4.10. The van der Waals surface area contributed by atoms with E-state index < -0.39 is 0 Å². The number of nitrogens with zero attached hydrogens (tertiary/aromatic N) is 5. The van der Waals surface area contributed by atoms with Gasteiger partial charge in [0.15, 0.2) is 5.82 Å². The number of aryl methyl sites for hydroxylation is 1. The van der Waals surface area contributed by atoms with Crippen LogP contribution in [0.15, 0.2) is 48.8 Å². The number of H-pyrrole nitrogens is 1. The largest absolute Gasteiger partial charge is 0.368 e. The van der Waals surface area contributed by atoms with Crippen molar-refractivity contribution in [2.24, 2.45) is 0 Å². The van der Waals surface area contributed by atoms with E-state index in [2.05, 4.69) is 43.8 Å². The highest BCUT2D eigenvalue weighted by atomic mass is 16.6. The van der Waals surface area contributed by atoms with Gasteiger partial charge in [0, 0.05) is 54.9 Å². The second kappa shape index (κ2) is 6.73. The Morgan fingerprint density at radius 2 is 1.72 bits per heavy atom. The molecule has 0 amide bonds. The number of aromatic amines is 1. The smallest absolute Gasteiger partial charge is 0.269 e. The molecule has 1 aliphatic rings. The molecule has 0 atom stereocenters. The molecule has 1 N–H and O–H groups in total. The fraction of sp³-hybridized carbons (Fsp3) is 0.238. The van der Waals surface area contributed by atoms with E-state index in [9.17, 15) is 10.1 Å². The third-order valence-electron chi connectivity index (χ3n) is 5.60. The maximum Gasteiger partial charge on any atom is 0.269 e. The number of non-ortho nitro benzene ring substituents is 1. The van der Waals surface area contributed by atoms with Gasteiger partial charge >= 0.3 is 0 Å². The minimum absolute atomic E-state index is 0.116. The molecule has 0 saturated carbocycles. The van der Waals surface area contributed by atoms with Gasteiger partial charge < -0.3 is 14.8 Å². The van der Waals surface area contributed by atoms with Crippen molar-refractivity contribution in [2.75, 3.05) is 36.0 Å². The quantitative estimate of drug-likeness (QED) is 0.425. The van der Waals surface area contributed by atoms with Crippen LogP contribution in [0.3, 0.4) is 0 Å². The zero-order valence-electron chi connectivity index (χ0n) is 16.0. The van der Waals surface area contributed by atoms with Gasteiger partial charge in [-0.05, 0) is 30.7 Å².